The number of aldehydes is 1. The molecule has 20 heavy (non-hydrogen) atoms. The zero-order chi connectivity index (χ0) is 14.7. The second-order valence-corrected chi connectivity index (χ2v) is 4.62. The summed E-state index contributed by atoms with van der Waals surface area (Å²) in [7, 11) is 0. The molecule has 0 bridgehead atoms. The van der Waals surface area contributed by atoms with Crippen molar-refractivity contribution in [2.24, 2.45) is 0 Å². The number of phenolic OH excluding ortho intramolecular Hbond substituents is 1. The number of ether oxygens (including phenoxy) is 1. The fourth-order valence-electron chi connectivity index (χ4n) is 2.09. The first-order chi connectivity index (χ1) is 9.51. The Kier molecular flexibility index (Phi) is 4.09. The predicted molar refractivity (Wildman–Crippen MR) is 73.3 cm³/mol. The lowest BCUT2D eigenvalue weighted by Gasteiger charge is -2.21. The van der Waals surface area contributed by atoms with Crippen molar-refractivity contribution in [1.82, 2.24) is 5.32 Å². The molecule has 0 aliphatic carbocycles. The number of hydrogen-bond acceptors (Lipinski definition) is 6. The SMILES string of the molecule is CC(=O)NC[C@H]1CN(c2ccc(O)c(N)c2)C(C=O)O1. The number of nitrogens with one attached hydrogen (secondary N) is 1. The molecule has 108 valence electrons. The minimum absolute atomic E-state index is 0.00804. The van der Waals surface area contributed by atoms with Crippen molar-refractivity contribution >= 4 is 23.6 Å². The van der Waals surface area contributed by atoms with E-state index in [0.717, 1.165) is 0 Å². The third-order valence-corrected chi connectivity index (χ3v) is 3.08. The Balaban J connectivity index is 2.11. The summed E-state index contributed by atoms with van der Waals surface area (Å²) in [6.45, 7) is 2.21. The predicted octanol–water partition coefficient (Wildman–Crippen LogP) is -0.159. The standard InChI is InChI=1S/C13H17N3O4/c1-8(18)15-5-10-6-16(13(7-17)20-10)9-2-3-12(19)11(14)4-9/h2-4,7,10,13,19H,5-6,14H2,1H3,(H,15,18)/t10-,13?/m0/s1. The maximum absolute atomic E-state index is 11.1. The lowest BCUT2D eigenvalue weighted by molar-refractivity contribution is -0.120. The van der Waals surface area contributed by atoms with Crippen LogP contribution in [0.1, 0.15) is 6.92 Å². The lowest BCUT2D eigenvalue weighted by Crippen LogP contribution is -2.33. The molecule has 4 N–H and O–H groups in total. The molecule has 1 aromatic carbocycles. The molecule has 7 heteroatoms. The zero-order valence-electron chi connectivity index (χ0n) is 11.1. The number of carbonyl (C=O) groups excluding carboxylic acids is 2. The molecule has 0 aromatic heterocycles. The average Bonchev–Trinajstić information content (AvgIpc) is 2.83. The van der Waals surface area contributed by atoms with E-state index in [9.17, 15) is 14.7 Å². The average molecular weight is 279 g/mol. The van der Waals surface area contributed by atoms with Crippen LogP contribution in [0.4, 0.5) is 11.4 Å². The summed E-state index contributed by atoms with van der Waals surface area (Å²) >= 11 is 0. The summed E-state index contributed by atoms with van der Waals surface area (Å²) in [5, 5.41) is 12.1. The van der Waals surface area contributed by atoms with Gasteiger partial charge in [-0.25, -0.2) is 0 Å². The number of hydrogen-bond donors (Lipinski definition) is 3. The second-order valence-electron chi connectivity index (χ2n) is 4.62. The number of nitrogens with zero attached hydrogens (tertiary/aromatic N) is 1. The molecule has 1 saturated heterocycles. The number of phenols is 1. The molecule has 2 rings (SSSR count). The van der Waals surface area contributed by atoms with E-state index < -0.39 is 6.23 Å². The second kappa shape index (κ2) is 5.79. The Hall–Kier alpha value is -2.28. The molecule has 7 nitrogen and oxygen atoms in total. The lowest BCUT2D eigenvalue weighted by atomic mass is 10.2. The van der Waals surface area contributed by atoms with Gasteiger partial charge in [-0.05, 0) is 18.2 Å². The van der Waals surface area contributed by atoms with Crippen LogP contribution in [0.15, 0.2) is 18.2 Å². The van der Waals surface area contributed by atoms with Gasteiger partial charge in [0.05, 0.1) is 11.8 Å². The molecule has 0 radical (unpaired) electrons. The van der Waals surface area contributed by atoms with Crippen LogP contribution in [0, 0.1) is 0 Å². The number of nitrogens with two attached hydrogens (primary N) is 1. The fourth-order valence-corrected chi connectivity index (χ4v) is 2.09. The minimum Gasteiger partial charge on any atom is -0.506 e. The molecule has 1 aliphatic rings. The molecule has 0 saturated carbocycles. The normalized spacial score (nSPS) is 21.8. The van der Waals surface area contributed by atoms with Crippen LogP contribution >= 0.6 is 0 Å². The molecular formula is C13H17N3O4. The van der Waals surface area contributed by atoms with Gasteiger partial charge in [0.25, 0.3) is 0 Å². The number of aromatic hydroxyl groups is 1. The smallest absolute Gasteiger partial charge is 0.216 e. The van der Waals surface area contributed by atoms with Crippen LogP contribution < -0.4 is 16.0 Å². The number of anilines is 2. The first-order valence-electron chi connectivity index (χ1n) is 6.21. The van der Waals surface area contributed by atoms with Gasteiger partial charge in [-0.2, -0.15) is 0 Å². The highest BCUT2D eigenvalue weighted by molar-refractivity contribution is 5.73. The minimum atomic E-state index is -0.724. The van der Waals surface area contributed by atoms with Crippen molar-refractivity contribution in [3.63, 3.8) is 0 Å². The molecule has 1 amide bonds. The van der Waals surface area contributed by atoms with E-state index in [4.69, 9.17) is 10.5 Å². The van der Waals surface area contributed by atoms with Gasteiger partial charge >= 0.3 is 0 Å². The van der Waals surface area contributed by atoms with E-state index in [1.807, 2.05) is 0 Å². The van der Waals surface area contributed by atoms with Crippen LogP contribution in [-0.4, -0.2) is 42.7 Å². The van der Waals surface area contributed by atoms with Crippen molar-refractivity contribution in [1.29, 1.82) is 0 Å². The van der Waals surface area contributed by atoms with Gasteiger partial charge in [0.1, 0.15) is 5.75 Å². The fraction of sp³-hybridized carbons (Fsp3) is 0.385. The number of amides is 1. The monoisotopic (exact) mass is 279 g/mol. The van der Waals surface area contributed by atoms with Gasteiger partial charge < -0.3 is 25.8 Å². The number of carbonyl (C=O) groups is 2. The van der Waals surface area contributed by atoms with Crippen LogP contribution in [0.2, 0.25) is 0 Å². The Morgan fingerprint density at radius 1 is 1.65 bits per heavy atom. The molecular weight excluding hydrogens is 262 g/mol. The number of nitrogen functional groups attached to an aromatic ring is 1. The summed E-state index contributed by atoms with van der Waals surface area (Å²) in [5.41, 5.74) is 6.56. The molecule has 1 aliphatic heterocycles. The highest BCUT2D eigenvalue weighted by atomic mass is 16.5. The maximum Gasteiger partial charge on any atom is 0.216 e. The Labute approximate surface area is 116 Å². The van der Waals surface area contributed by atoms with Crippen LogP contribution in [0.5, 0.6) is 5.75 Å². The highest BCUT2D eigenvalue weighted by Crippen LogP contribution is 2.29. The summed E-state index contributed by atoms with van der Waals surface area (Å²) < 4.78 is 5.54. The van der Waals surface area contributed by atoms with Crippen molar-refractivity contribution in [2.45, 2.75) is 19.3 Å². The third-order valence-electron chi connectivity index (χ3n) is 3.08. The molecule has 1 unspecified atom stereocenters. The van der Waals surface area contributed by atoms with Gasteiger partial charge in [0.2, 0.25) is 5.91 Å². The van der Waals surface area contributed by atoms with Gasteiger partial charge in [0, 0.05) is 25.7 Å². The zero-order valence-corrected chi connectivity index (χ0v) is 11.1. The molecule has 1 heterocycles. The summed E-state index contributed by atoms with van der Waals surface area (Å²) in [5.74, 6) is -0.158. The van der Waals surface area contributed by atoms with Gasteiger partial charge in [-0.1, -0.05) is 0 Å². The van der Waals surface area contributed by atoms with Crippen LogP contribution in [0.3, 0.4) is 0 Å². The van der Waals surface area contributed by atoms with E-state index in [-0.39, 0.29) is 23.4 Å². The maximum atomic E-state index is 11.1. The highest BCUT2D eigenvalue weighted by Gasteiger charge is 2.32. The van der Waals surface area contributed by atoms with Gasteiger partial charge in [-0.15, -0.1) is 0 Å². The van der Waals surface area contributed by atoms with E-state index >= 15 is 0 Å². The van der Waals surface area contributed by atoms with E-state index in [1.165, 1.54) is 13.0 Å². The van der Waals surface area contributed by atoms with Crippen molar-refractivity contribution in [3.05, 3.63) is 18.2 Å². The summed E-state index contributed by atoms with van der Waals surface area (Å²) in [4.78, 5) is 23.7. The Morgan fingerprint density at radius 3 is 3.00 bits per heavy atom. The van der Waals surface area contributed by atoms with Crippen molar-refractivity contribution in [2.75, 3.05) is 23.7 Å². The first-order valence-corrected chi connectivity index (χ1v) is 6.21. The third kappa shape index (κ3) is 3.00. The largest absolute Gasteiger partial charge is 0.506 e. The first kappa shape index (κ1) is 14.1. The topological polar surface area (TPSA) is 105 Å². The summed E-state index contributed by atoms with van der Waals surface area (Å²) in [6.07, 6.45) is -0.307. The van der Waals surface area contributed by atoms with E-state index in [1.54, 1.807) is 17.0 Å². The van der Waals surface area contributed by atoms with E-state index in [0.29, 0.717) is 25.1 Å². The number of benzene rings is 1. The quantitative estimate of drug-likeness (QED) is 0.402. The van der Waals surface area contributed by atoms with E-state index in [2.05, 4.69) is 5.32 Å². The van der Waals surface area contributed by atoms with Gasteiger partial charge in [0.15, 0.2) is 12.5 Å². The summed E-state index contributed by atoms with van der Waals surface area (Å²) in [6, 6.07) is 4.70. The Morgan fingerprint density at radius 2 is 2.40 bits per heavy atom. The van der Waals surface area contributed by atoms with Gasteiger partial charge in [-0.3, -0.25) is 9.59 Å². The molecule has 1 fully saturated rings. The molecule has 1 aromatic rings. The molecule has 2 atom stereocenters. The van der Waals surface area contributed by atoms with Crippen LogP contribution in [-0.2, 0) is 14.3 Å². The number of rotatable bonds is 4. The van der Waals surface area contributed by atoms with Crippen molar-refractivity contribution in [3.8, 4) is 5.75 Å². The van der Waals surface area contributed by atoms with Crippen molar-refractivity contribution < 1.29 is 19.4 Å². The Bertz CT molecular complexity index is 520. The van der Waals surface area contributed by atoms with Crippen LogP contribution in [0.25, 0.3) is 0 Å². The molecule has 0 spiro atoms.